The van der Waals surface area contributed by atoms with E-state index in [0.29, 0.717) is 11.6 Å². The maximum Gasteiger partial charge on any atom is 0.248 e. The van der Waals surface area contributed by atoms with Crippen LogP contribution in [0.15, 0.2) is 53.4 Å². The quantitative estimate of drug-likeness (QED) is 0.912. The Balaban J connectivity index is 1.71. The lowest BCUT2D eigenvalue weighted by Gasteiger charge is -2.26. The number of hydrogen-bond acceptors (Lipinski definition) is 3. The van der Waals surface area contributed by atoms with Crippen LogP contribution in [0.3, 0.4) is 0 Å². The van der Waals surface area contributed by atoms with Gasteiger partial charge in [0.05, 0.1) is 0 Å². The summed E-state index contributed by atoms with van der Waals surface area (Å²) < 4.78 is 0. The number of nitrogens with two attached hydrogens (primary N) is 1. The van der Waals surface area contributed by atoms with Gasteiger partial charge in [-0.1, -0.05) is 30.3 Å². The summed E-state index contributed by atoms with van der Waals surface area (Å²) in [5.41, 5.74) is 8.35. The van der Waals surface area contributed by atoms with Crippen LogP contribution in [0.25, 0.3) is 0 Å². The van der Waals surface area contributed by atoms with E-state index in [4.69, 9.17) is 5.73 Å². The number of thioether (sulfide) groups is 1. The minimum Gasteiger partial charge on any atom is -0.366 e. The molecule has 3 rings (SSSR count). The number of carbonyl (C=O) groups is 1. The predicted octanol–water partition coefficient (Wildman–Crippen LogP) is 3.11. The van der Waals surface area contributed by atoms with Crippen LogP contribution < -0.4 is 11.1 Å². The zero-order valence-electron chi connectivity index (χ0n) is 11.7. The van der Waals surface area contributed by atoms with Crippen molar-refractivity contribution >= 4 is 17.7 Å². The van der Waals surface area contributed by atoms with Crippen molar-refractivity contribution in [2.24, 2.45) is 5.73 Å². The highest BCUT2D eigenvalue weighted by Crippen LogP contribution is 2.35. The van der Waals surface area contributed by atoms with Crippen LogP contribution in [-0.2, 0) is 6.54 Å². The summed E-state index contributed by atoms with van der Waals surface area (Å²) >= 11 is 1.92. The van der Waals surface area contributed by atoms with Gasteiger partial charge in [0, 0.05) is 23.0 Å². The monoisotopic (exact) mass is 298 g/mol. The van der Waals surface area contributed by atoms with Crippen molar-refractivity contribution < 1.29 is 4.79 Å². The van der Waals surface area contributed by atoms with E-state index in [1.807, 2.05) is 30.0 Å². The van der Waals surface area contributed by atoms with Crippen LogP contribution in [0.4, 0.5) is 0 Å². The lowest BCUT2D eigenvalue weighted by atomic mass is 10.0. The first-order valence-electron chi connectivity index (χ1n) is 7.08. The fourth-order valence-corrected chi connectivity index (χ4v) is 3.75. The predicted molar refractivity (Wildman–Crippen MR) is 86.3 cm³/mol. The molecule has 0 saturated carbocycles. The van der Waals surface area contributed by atoms with Gasteiger partial charge in [-0.2, -0.15) is 0 Å². The molecule has 1 heterocycles. The Hall–Kier alpha value is -1.78. The summed E-state index contributed by atoms with van der Waals surface area (Å²) in [6.45, 7) is 0.741. The summed E-state index contributed by atoms with van der Waals surface area (Å²) in [5.74, 6) is 0.756. The lowest BCUT2D eigenvalue weighted by molar-refractivity contribution is 0.1000. The molecule has 1 atom stereocenters. The normalized spacial score (nSPS) is 17.2. The van der Waals surface area contributed by atoms with Gasteiger partial charge < -0.3 is 11.1 Å². The molecule has 2 aromatic carbocycles. The zero-order valence-corrected chi connectivity index (χ0v) is 12.5. The first-order valence-corrected chi connectivity index (χ1v) is 8.06. The molecule has 1 aliphatic heterocycles. The highest BCUT2D eigenvalue weighted by molar-refractivity contribution is 7.99. The zero-order chi connectivity index (χ0) is 14.7. The van der Waals surface area contributed by atoms with Crippen molar-refractivity contribution in [2.75, 3.05) is 5.75 Å². The molecular weight excluding hydrogens is 280 g/mol. The van der Waals surface area contributed by atoms with Gasteiger partial charge in [-0.15, -0.1) is 11.8 Å². The Kier molecular flexibility index (Phi) is 4.27. The molecular formula is C17H18N2OS. The van der Waals surface area contributed by atoms with Crippen molar-refractivity contribution in [3.8, 4) is 0 Å². The summed E-state index contributed by atoms with van der Waals surface area (Å²) in [5, 5.41) is 3.59. The molecule has 0 aliphatic carbocycles. The molecule has 1 aliphatic rings. The van der Waals surface area contributed by atoms with E-state index < -0.39 is 0 Å². The Bertz CT molecular complexity index is 657. The molecule has 0 saturated heterocycles. The number of fused-ring (bicyclic) bond motifs is 1. The van der Waals surface area contributed by atoms with Crippen molar-refractivity contribution in [1.82, 2.24) is 5.32 Å². The lowest BCUT2D eigenvalue weighted by Crippen LogP contribution is -2.24. The van der Waals surface area contributed by atoms with Crippen LogP contribution in [0.1, 0.15) is 33.9 Å². The number of rotatable bonds is 4. The molecule has 0 aromatic heterocycles. The Morgan fingerprint density at radius 1 is 1.24 bits per heavy atom. The molecule has 21 heavy (non-hydrogen) atoms. The highest BCUT2D eigenvalue weighted by Gasteiger charge is 2.19. The van der Waals surface area contributed by atoms with Crippen LogP contribution in [0.5, 0.6) is 0 Å². The number of carbonyl (C=O) groups excluding carboxylic acids is 1. The van der Waals surface area contributed by atoms with Crippen LogP contribution in [0, 0.1) is 0 Å². The second-order valence-electron chi connectivity index (χ2n) is 5.17. The summed E-state index contributed by atoms with van der Waals surface area (Å²) in [4.78, 5) is 12.6. The van der Waals surface area contributed by atoms with Crippen molar-refractivity contribution in [1.29, 1.82) is 0 Å². The molecule has 3 nitrogen and oxygen atoms in total. The fraction of sp³-hybridized carbons (Fsp3) is 0.235. The average Bonchev–Trinajstić information content (AvgIpc) is 2.53. The largest absolute Gasteiger partial charge is 0.366 e. The Morgan fingerprint density at radius 2 is 2.10 bits per heavy atom. The number of nitrogens with one attached hydrogen (secondary N) is 1. The van der Waals surface area contributed by atoms with E-state index in [2.05, 4.69) is 29.6 Å². The molecule has 1 amide bonds. The topological polar surface area (TPSA) is 55.1 Å². The second kappa shape index (κ2) is 6.33. The van der Waals surface area contributed by atoms with Gasteiger partial charge in [0.15, 0.2) is 0 Å². The molecule has 108 valence electrons. The van der Waals surface area contributed by atoms with Crippen molar-refractivity contribution in [3.05, 3.63) is 65.2 Å². The number of amides is 1. The highest BCUT2D eigenvalue weighted by atomic mass is 32.2. The molecule has 0 spiro atoms. The van der Waals surface area contributed by atoms with E-state index in [0.717, 1.165) is 24.3 Å². The minimum atomic E-state index is -0.378. The first-order chi connectivity index (χ1) is 10.2. The molecule has 4 heteroatoms. The standard InChI is InChI=1S/C17H18N2OS/c18-17(20)13-5-3-4-12(10-13)11-19-15-8-9-21-16-7-2-1-6-14(15)16/h1-7,10,15,19H,8-9,11H2,(H2,18,20). The van der Waals surface area contributed by atoms with Gasteiger partial charge in [0.2, 0.25) is 5.91 Å². The van der Waals surface area contributed by atoms with Gasteiger partial charge in [0.1, 0.15) is 0 Å². The maximum absolute atomic E-state index is 11.2. The van der Waals surface area contributed by atoms with Gasteiger partial charge in [0.25, 0.3) is 0 Å². The van der Waals surface area contributed by atoms with Gasteiger partial charge in [-0.3, -0.25) is 4.79 Å². The van der Waals surface area contributed by atoms with Crippen molar-refractivity contribution in [3.63, 3.8) is 0 Å². The smallest absolute Gasteiger partial charge is 0.248 e. The van der Waals surface area contributed by atoms with E-state index >= 15 is 0 Å². The molecule has 0 radical (unpaired) electrons. The van der Waals surface area contributed by atoms with E-state index in [1.54, 1.807) is 6.07 Å². The molecule has 2 aromatic rings. The van der Waals surface area contributed by atoms with E-state index in [-0.39, 0.29) is 5.91 Å². The van der Waals surface area contributed by atoms with E-state index in [1.165, 1.54) is 10.5 Å². The van der Waals surface area contributed by atoms with Gasteiger partial charge in [-0.25, -0.2) is 0 Å². The summed E-state index contributed by atoms with van der Waals surface area (Å²) in [6.07, 6.45) is 1.12. The first kappa shape index (κ1) is 14.2. The number of benzene rings is 2. The van der Waals surface area contributed by atoms with E-state index in [9.17, 15) is 4.79 Å². The summed E-state index contributed by atoms with van der Waals surface area (Å²) in [6, 6.07) is 16.4. The maximum atomic E-state index is 11.2. The summed E-state index contributed by atoms with van der Waals surface area (Å²) in [7, 11) is 0. The fourth-order valence-electron chi connectivity index (χ4n) is 2.63. The Labute approximate surface area is 128 Å². The SMILES string of the molecule is NC(=O)c1cccc(CNC2CCSc3ccccc32)c1. The molecule has 1 unspecified atom stereocenters. The van der Waals surface area contributed by atoms with Crippen molar-refractivity contribution in [2.45, 2.75) is 23.9 Å². The van der Waals surface area contributed by atoms with Crippen LogP contribution in [-0.4, -0.2) is 11.7 Å². The van der Waals surface area contributed by atoms with Gasteiger partial charge >= 0.3 is 0 Å². The number of hydrogen-bond donors (Lipinski definition) is 2. The van der Waals surface area contributed by atoms with Gasteiger partial charge in [-0.05, 0) is 41.5 Å². The third-order valence-corrected chi connectivity index (χ3v) is 4.85. The number of primary amides is 1. The third kappa shape index (κ3) is 3.28. The molecule has 3 N–H and O–H groups in total. The average molecular weight is 298 g/mol. The minimum absolute atomic E-state index is 0.375. The molecule has 0 fully saturated rings. The third-order valence-electron chi connectivity index (χ3n) is 3.72. The van der Waals surface area contributed by atoms with Crippen LogP contribution >= 0.6 is 11.8 Å². The molecule has 0 bridgehead atoms. The Morgan fingerprint density at radius 3 is 2.95 bits per heavy atom. The second-order valence-corrected chi connectivity index (χ2v) is 6.31. The van der Waals surface area contributed by atoms with Crippen LogP contribution in [0.2, 0.25) is 0 Å².